The number of aromatic nitrogens is 5. The molecule has 0 spiro atoms. The van der Waals surface area contributed by atoms with E-state index in [2.05, 4.69) is 25.6 Å². The molecular formula is C20H25FN6O2. The van der Waals surface area contributed by atoms with Crippen molar-refractivity contribution in [3.05, 3.63) is 47.5 Å². The zero-order chi connectivity index (χ0) is 21.4. The van der Waals surface area contributed by atoms with Crippen LogP contribution < -0.4 is 5.32 Å². The predicted molar refractivity (Wildman–Crippen MR) is 107 cm³/mol. The molecule has 9 heteroatoms. The van der Waals surface area contributed by atoms with Crippen LogP contribution in [0.25, 0.3) is 11.4 Å². The average Bonchev–Trinajstić information content (AvgIpc) is 3.04. The van der Waals surface area contributed by atoms with Gasteiger partial charge in [-0.15, -0.1) is 5.10 Å². The van der Waals surface area contributed by atoms with Crippen molar-refractivity contribution < 1.29 is 14.6 Å². The lowest BCUT2D eigenvalue weighted by molar-refractivity contribution is -0.129. The summed E-state index contributed by atoms with van der Waals surface area (Å²) in [4.78, 5) is 8.56. The van der Waals surface area contributed by atoms with Crippen LogP contribution in [0, 0.1) is 19.7 Å². The number of hydrogen-bond acceptors (Lipinski definition) is 7. The molecule has 0 saturated heterocycles. The lowest BCUT2D eigenvalue weighted by Crippen LogP contribution is -2.50. The van der Waals surface area contributed by atoms with E-state index in [0.29, 0.717) is 28.6 Å². The summed E-state index contributed by atoms with van der Waals surface area (Å²) in [6.45, 7) is 8.27. The summed E-state index contributed by atoms with van der Waals surface area (Å²) < 4.78 is 14.9. The van der Waals surface area contributed by atoms with Gasteiger partial charge in [0.1, 0.15) is 28.7 Å². The minimum Gasteiger partial charge on any atom is -0.387 e. The predicted octanol–water partition coefficient (Wildman–Crippen LogP) is 2.76. The maximum absolute atomic E-state index is 13.4. The van der Waals surface area contributed by atoms with E-state index < -0.39 is 11.2 Å². The molecule has 0 bridgehead atoms. The quantitative estimate of drug-likeness (QED) is 0.584. The highest BCUT2D eigenvalue weighted by molar-refractivity contribution is 5.61. The number of pyridine rings is 2. The van der Waals surface area contributed by atoms with Gasteiger partial charge in [0.15, 0.2) is 0 Å². The van der Waals surface area contributed by atoms with Crippen LogP contribution in [0.15, 0.2) is 30.6 Å². The molecule has 0 fully saturated rings. The average molecular weight is 400 g/mol. The second-order valence-electron chi connectivity index (χ2n) is 7.99. The Morgan fingerprint density at radius 2 is 1.79 bits per heavy atom. The third-order valence-electron chi connectivity index (χ3n) is 4.86. The molecule has 0 unspecified atom stereocenters. The minimum atomic E-state index is -1.39. The van der Waals surface area contributed by atoms with E-state index in [9.17, 15) is 14.6 Å². The first-order chi connectivity index (χ1) is 13.4. The molecule has 0 aromatic carbocycles. The SMILES string of the molecule is Cc1cc(Nc2cc(C)c(F)cn2)nc(-c2cn(C[C@@](C)(O)C(C)(C)O)nn2)c1. The number of halogens is 1. The van der Waals surface area contributed by atoms with Crippen LogP contribution in [-0.2, 0) is 6.54 Å². The highest BCUT2D eigenvalue weighted by Gasteiger charge is 2.38. The van der Waals surface area contributed by atoms with Crippen molar-refractivity contribution in [2.75, 3.05) is 5.32 Å². The molecule has 0 aliphatic carbocycles. The van der Waals surface area contributed by atoms with Gasteiger partial charge in [0, 0.05) is 0 Å². The maximum Gasteiger partial charge on any atom is 0.144 e. The zero-order valence-corrected chi connectivity index (χ0v) is 17.1. The Bertz CT molecular complexity index is 1030. The summed E-state index contributed by atoms with van der Waals surface area (Å²) in [6, 6.07) is 5.30. The number of nitrogens with zero attached hydrogens (tertiary/aromatic N) is 5. The standard InChI is InChI=1S/C20H25FN6O2/c1-12-6-15(16-10-27(26-25-16)11-20(5,29)19(3,4)28)23-18(7-12)24-17-8-13(2)14(21)9-22-17/h6-10,28-29H,11H2,1-5H3,(H,22,23,24)/t20-/m1/s1. The van der Waals surface area contributed by atoms with Gasteiger partial charge in [0.05, 0.1) is 30.2 Å². The molecule has 3 aromatic rings. The van der Waals surface area contributed by atoms with E-state index >= 15 is 0 Å². The third-order valence-corrected chi connectivity index (χ3v) is 4.86. The first-order valence-corrected chi connectivity index (χ1v) is 9.18. The van der Waals surface area contributed by atoms with Crippen LogP contribution >= 0.6 is 0 Å². The normalized spacial score (nSPS) is 13.9. The number of rotatable bonds is 6. The fourth-order valence-corrected chi connectivity index (χ4v) is 2.60. The van der Waals surface area contributed by atoms with Gasteiger partial charge in [-0.3, -0.25) is 0 Å². The smallest absolute Gasteiger partial charge is 0.144 e. The summed E-state index contributed by atoms with van der Waals surface area (Å²) in [5.41, 5.74) is -0.173. The highest BCUT2D eigenvalue weighted by atomic mass is 19.1. The molecule has 3 rings (SSSR count). The molecule has 0 amide bonds. The number of hydrogen-bond donors (Lipinski definition) is 3. The molecule has 0 aliphatic heterocycles. The van der Waals surface area contributed by atoms with Crippen LogP contribution in [0.5, 0.6) is 0 Å². The summed E-state index contributed by atoms with van der Waals surface area (Å²) in [6.07, 6.45) is 2.82. The number of nitrogens with one attached hydrogen (secondary N) is 1. The summed E-state index contributed by atoms with van der Waals surface area (Å²) >= 11 is 0. The van der Waals surface area contributed by atoms with E-state index in [1.54, 1.807) is 26.1 Å². The van der Waals surface area contributed by atoms with Gasteiger partial charge < -0.3 is 15.5 Å². The Balaban J connectivity index is 1.85. The first kappa shape index (κ1) is 20.8. The molecule has 1 atom stereocenters. The van der Waals surface area contributed by atoms with E-state index in [-0.39, 0.29) is 12.4 Å². The van der Waals surface area contributed by atoms with Crippen LogP contribution in [0.4, 0.5) is 16.0 Å². The van der Waals surface area contributed by atoms with Crippen molar-refractivity contribution in [2.24, 2.45) is 0 Å². The third kappa shape index (κ3) is 4.75. The van der Waals surface area contributed by atoms with E-state index in [4.69, 9.17) is 0 Å². The summed E-state index contributed by atoms with van der Waals surface area (Å²) in [5.74, 6) is 0.654. The monoisotopic (exact) mass is 400 g/mol. The Morgan fingerprint density at radius 1 is 1.07 bits per heavy atom. The fraction of sp³-hybridized carbons (Fsp3) is 0.400. The lowest BCUT2D eigenvalue weighted by Gasteiger charge is -2.35. The van der Waals surface area contributed by atoms with Crippen molar-refractivity contribution in [1.29, 1.82) is 0 Å². The largest absolute Gasteiger partial charge is 0.387 e. The Morgan fingerprint density at radius 3 is 2.45 bits per heavy atom. The molecule has 154 valence electrons. The van der Waals surface area contributed by atoms with Gasteiger partial charge in [0.2, 0.25) is 0 Å². The van der Waals surface area contributed by atoms with Crippen LogP contribution in [0.1, 0.15) is 31.9 Å². The van der Waals surface area contributed by atoms with Crippen LogP contribution in [0.2, 0.25) is 0 Å². The molecule has 0 radical (unpaired) electrons. The van der Waals surface area contributed by atoms with Gasteiger partial charge in [0.25, 0.3) is 0 Å². The van der Waals surface area contributed by atoms with Crippen molar-refractivity contribution in [2.45, 2.75) is 52.4 Å². The van der Waals surface area contributed by atoms with Crippen molar-refractivity contribution in [1.82, 2.24) is 25.0 Å². The number of aryl methyl sites for hydroxylation is 2. The van der Waals surface area contributed by atoms with Gasteiger partial charge in [-0.2, -0.15) is 0 Å². The maximum atomic E-state index is 13.4. The van der Waals surface area contributed by atoms with Gasteiger partial charge in [-0.25, -0.2) is 19.0 Å². The van der Waals surface area contributed by atoms with Crippen LogP contribution in [-0.4, -0.2) is 46.4 Å². The second kappa shape index (κ2) is 7.49. The fourth-order valence-electron chi connectivity index (χ4n) is 2.60. The summed E-state index contributed by atoms with van der Waals surface area (Å²) in [7, 11) is 0. The molecule has 3 heterocycles. The topological polar surface area (TPSA) is 109 Å². The van der Waals surface area contributed by atoms with E-state index in [1.807, 2.05) is 19.1 Å². The molecule has 29 heavy (non-hydrogen) atoms. The number of aliphatic hydroxyl groups is 2. The van der Waals surface area contributed by atoms with Crippen LogP contribution in [0.3, 0.4) is 0 Å². The molecule has 0 aliphatic rings. The Kier molecular flexibility index (Phi) is 5.38. The molecular weight excluding hydrogens is 375 g/mol. The molecule has 3 N–H and O–H groups in total. The van der Waals surface area contributed by atoms with Crippen molar-refractivity contribution in [3.63, 3.8) is 0 Å². The molecule has 8 nitrogen and oxygen atoms in total. The Labute approximate surface area is 168 Å². The highest BCUT2D eigenvalue weighted by Crippen LogP contribution is 2.25. The number of anilines is 2. The van der Waals surface area contributed by atoms with Gasteiger partial charge in [-0.1, -0.05) is 5.21 Å². The minimum absolute atomic E-state index is 0.0686. The lowest BCUT2D eigenvalue weighted by atomic mass is 9.88. The van der Waals surface area contributed by atoms with Crippen molar-refractivity contribution in [3.8, 4) is 11.4 Å². The zero-order valence-electron chi connectivity index (χ0n) is 17.1. The van der Waals surface area contributed by atoms with Crippen molar-refractivity contribution >= 4 is 11.6 Å². The summed E-state index contributed by atoms with van der Waals surface area (Å²) in [5, 5.41) is 31.8. The van der Waals surface area contributed by atoms with Gasteiger partial charge in [-0.05, 0) is 63.9 Å². The Hall–Kier alpha value is -2.91. The van der Waals surface area contributed by atoms with E-state index in [0.717, 1.165) is 11.8 Å². The first-order valence-electron chi connectivity index (χ1n) is 9.18. The van der Waals surface area contributed by atoms with E-state index in [1.165, 1.54) is 18.5 Å². The molecule has 0 saturated carbocycles. The van der Waals surface area contributed by atoms with Gasteiger partial charge >= 0.3 is 0 Å². The second-order valence-corrected chi connectivity index (χ2v) is 7.99. The molecule has 3 aromatic heterocycles.